The second-order valence-electron chi connectivity index (χ2n) is 9.19. The van der Waals surface area contributed by atoms with Crippen molar-refractivity contribution in [3.8, 4) is 0 Å². The number of aliphatic hydroxyl groups excluding tert-OH is 1. The van der Waals surface area contributed by atoms with E-state index >= 15 is 0 Å². The number of likely N-dealkylation sites (N-methyl/N-ethyl adjacent to an activating group) is 1. The highest BCUT2D eigenvalue weighted by Gasteiger charge is 2.38. The highest BCUT2D eigenvalue weighted by molar-refractivity contribution is 5.94. The van der Waals surface area contributed by atoms with E-state index in [2.05, 4.69) is 23.7 Å². The third kappa shape index (κ3) is 7.24. The van der Waals surface area contributed by atoms with Crippen LogP contribution in [-0.4, -0.2) is 54.2 Å². The molecule has 0 radical (unpaired) electrons. The molecule has 1 aliphatic heterocycles. The summed E-state index contributed by atoms with van der Waals surface area (Å²) in [5, 5.41) is 12.2. The first kappa shape index (κ1) is 27.5. The zero-order valence-electron chi connectivity index (χ0n) is 21.3. The molecule has 1 amide bonds. The quantitative estimate of drug-likeness (QED) is 0.379. The second kappa shape index (κ2) is 12.8. The Morgan fingerprint density at radius 1 is 1.14 bits per heavy atom. The predicted octanol–water partition coefficient (Wildman–Crippen LogP) is 3.98. The van der Waals surface area contributed by atoms with Crippen LogP contribution >= 0.6 is 0 Å². The maximum absolute atomic E-state index is 12.3. The summed E-state index contributed by atoms with van der Waals surface area (Å²) in [6, 6.07) is 15.0. The monoisotopic (exact) mass is 496 g/mol. The van der Waals surface area contributed by atoms with Crippen LogP contribution in [0, 0.1) is 5.92 Å². The van der Waals surface area contributed by atoms with E-state index < -0.39 is 24.3 Å². The number of aliphatic hydroxyl groups is 1. The smallest absolute Gasteiger partial charge is 0.303 e. The fraction of sp³-hybridized carbons (Fsp3) is 0.429. The first-order chi connectivity index (χ1) is 17.2. The summed E-state index contributed by atoms with van der Waals surface area (Å²) in [6.45, 7) is 10.2. The minimum absolute atomic E-state index is 0.00932. The topological polar surface area (TPSA) is 97.3 Å². The first-order valence-corrected chi connectivity index (χ1v) is 12.1. The number of anilines is 1. The van der Waals surface area contributed by atoms with Crippen LogP contribution in [0.25, 0.3) is 0 Å². The molecule has 1 aliphatic rings. The van der Waals surface area contributed by atoms with Crippen molar-refractivity contribution >= 4 is 17.6 Å². The van der Waals surface area contributed by atoms with Crippen molar-refractivity contribution in [1.82, 2.24) is 4.90 Å². The zero-order chi connectivity index (χ0) is 26.2. The van der Waals surface area contributed by atoms with Gasteiger partial charge in [-0.15, -0.1) is 6.58 Å². The minimum atomic E-state index is -0.889. The average Bonchev–Trinajstić information content (AvgIpc) is 2.85. The molecule has 8 heteroatoms. The largest absolute Gasteiger partial charge is 0.453 e. The third-order valence-electron chi connectivity index (χ3n) is 6.22. The SMILES string of the molecule is C=CCN(C)C[C@H]1O[C@@H](c2ccc(NC(=O)[C@H](C)OC(C)=O)cc2)O[C@@H](c2ccc(CO)cc2)[C@H]1C. The molecule has 3 rings (SSSR count). The number of nitrogens with zero attached hydrogens (tertiary/aromatic N) is 1. The summed E-state index contributed by atoms with van der Waals surface area (Å²) in [5.74, 6) is -0.842. The Bertz CT molecular complexity index is 1020. The van der Waals surface area contributed by atoms with Crippen molar-refractivity contribution in [2.45, 2.75) is 52.0 Å². The normalized spacial score (nSPS) is 22.6. The number of benzene rings is 2. The number of ether oxygens (including phenoxy) is 3. The van der Waals surface area contributed by atoms with Gasteiger partial charge < -0.3 is 29.5 Å². The van der Waals surface area contributed by atoms with Gasteiger partial charge in [0.25, 0.3) is 5.91 Å². The Labute approximate surface area is 212 Å². The van der Waals surface area contributed by atoms with E-state index in [1.807, 2.05) is 49.5 Å². The number of rotatable bonds is 10. The van der Waals surface area contributed by atoms with Crippen molar-refractivity contribution in [3.63, 3.8) is 0 Å². The molecule has 2 aromatic carbocycles. The third-order valence-corrected chi connectivity index (χ3v) is 6.22. The summed E-state index contributed by atoms with van der Waals surface area (Å²) < 4.78 is 17.8. The highest BCUT2D eigenvalue weighted by Crippen LogP contribution is 2.41. The molecule has 1 saturated heterocycles. The van der Waals surface area contributed by atoms with E-state index in [0.29, 0.717) is 12.2 Å². The Morgan fingerprint density at radius 2 is 1.78 bits per heavy atom. The van der Waals surface area contributed by atoms with Crippen LogP contribution in [0.2, 0.25) is 0 Å². The van der Waals surface area contributed by atoms with Crippen molar-refractivity contribution in [3.05, 3.63) is 77.9 Å². The van der Waals surface area contributed by atoms with E-state index in [0.717, 1.165) is 23.2 Å². The number of carbonyl (C=O) groups excluding carboxylic acids is 2. The van der Waals surface area contributed by atoms with E-state index in [4.69, 9.17) is 14.2 Å². The molecule has 36 heavy (non-hydrogen) atoms. The van der Waals surface area contributed by atoms with Gasteiger partial charge in [-0.05, 0) is 37.2 Å². The second-order valence-corrected chi connectivity index (χ2v) is 9.19. The van der Waals surface area contributed by atoms with Crippen molar-refractivity contribution < 1.29 is 28.9 Å². The van der Waals surface area contributed by atoms with Crippen molar-refractivity contribution in [2.75, 3.05) is 25.5 Å². The molecule has 0 aromatic heterocycles. The Kier molecular flexibility index (Phi) is 9.78. The minimum Gasteiger partial charge on any atom is -0.453 e. The molecular weight excluding hydrogens is 460 g/mol. The number of esters is 1. The van der Waals surface area contributed by atoms with Crippen LogP contribution in [0.4, 0.5) is 5.69 Å². The fourth-order valence-corrected chi connectivity index (χ4v) is 4.20. The molecule has 1 fully saturated rings. The predicted molar refractivity (Wildman–Crippen MR) is 137 cm³/mol. The van der Waals surface area contributed by atoms with E-state index in [-0.39, 0.29) is 24.7 Å². The molecule has 5 atom stereocenters. The first-order valence-electron chi connectivity index (χ1n) is 12.1. The number of carbonyl (C=O) groups is 2. The van der Waals surface area contributed by atoms with Crippen molar-refractivity contribution in [2.24, 2.45) is 5.92 Å². The van der Waals surface area contributed by atoms with Gasteiger partial charge in [0.15, 0.2) is 12.4 Å². The molecule has 8 nitrogen and oxygen atoms in total. The molecule has 0 saturated carbocycles. The summed E-state index contributed by atoms with van der Waals surface area (Å²) in [5.41, 5.74) is 3.26. The van der Waals surface area contributed by atoms with E-state index in [1.54, 1.807) is 12.1 Å². The van der Waals surface area contributed by atoms with Gasteiger partial charge in [0.2, 0.25) is 0 Å². The lowest BCUT2D eigenvalue weighted by molar-refractivity contribution is -0.275. The van der Waals surface area contributed by atoms with Crippen LogP contribution in [0.1, 0.15) is 49.9 Å². The number of amides is 1. The maximum Gasteiger partial charge on any atom is 0.303 e. The summed E-state index contributed by atoms with van der Waals surface area (Å²) in [4.78, 5) is 25.5. The standard InChI is InChI=1S/C28H36N2O6/c1-6-15-30(5)16-25-18(2)26(22-9-7-21(17-31)8-10-22)36-28(35-25)23-11-13-24(14-12-23)29-27(33)19(3)34-20(4)32/h6-14,18-19,25-26,28,31H,1,15-17H2,2-5H3,(H,29,33)/t18-,19-,25+,26+,28+/m0/s1. The fourth-order valence-electron chi connectivity index (χ4n) is 4.20. The molecule has 0 bridgehead atoms. The number of hydrogen-bond donors (Lipinski definition) is 2. The van der Waals surface area contributed by atoms with E-state index in [1.165, 1.54) is 13.8 Å². The van der Waals surface area contributed by atoms with Crippen molar-refractivity contribution in [1.29, 1.82) is 0 Å². The maximum atomic E-state index is 12.3. The molecule has 2 aromatic rings. The molecule has 0 unspecified atom stereocenters. The molecule has 0 spiro atoms. The lowest BCUT2D eigenvalue weighted by Gasteiger charge is -2.42. The Morgan fingerprint density at radius 3 is 2.36 bits per heavy atom. The lowest BCUT2D eigenvalue weighted by Crippen LogP contribution is -2.43. The van der Waals surface area contributed by atoms with Gasteiger partial charge in [-0.2, -0.15) is 0 Å². The Balaban J connectivity index is 1.79. The number of nitrogens with one attached hydrogen (secondary N) is 1. The van der Waals surface area contributed by atoms with Gasteiger partial charge in [-0.3, -0.25) is 9.59 Å². The van der Waals surface area contributed by atoms with E-state index in [9.17, 15) is 14.7 Å². The highest BCUT2D eigenvalue weighted by atomic mass is 16.7. The van der Waals surface area contributed by atoms with Crippen LogP contribution < -0.4 is 5.32 Å². The lowest BCUT2D eigenvalue weighted by atomic mass is 9.90. The van der Waals surface area contributed by atoms with Crippen LogP contribution in [0.5, 0.6) is 0 Å². The molecular formula is C28H36N2O6. The van der Waals surface area contributed by atoms with Crippen LogP contribution in [0.15, 0.2) is 61.2 Å². The van der Waals surface area contributed by atoms with Crippen LogP contribution in [0.3, 0.4) is 0 Å². The molecule has 1 heterocycles. The van der Waals surface area contributed by atoms with Gasteiger partial charge in [-0.1, -0.05) is 49.4 Å². The number of hydrogen-bond acceptors (Lipinski definition) is 7. The molecule has 194 valence electrons. The van der Waals surface area contributed by atoms with Gasteiger partial charge in [0.05, 0.1) is 18.8 Å². The van der Waals surface area contributed by atoms with Gasteiger partial charge >= 0.3 is 5.97 Å². The Hall–Kier alpha value is -3.04. The van der Waals surface area contributed by atoms with Gasteiger partial charge in [0.1, 0.15) is 0 Å². The van der Waals surface area contributed by atoms with Crippen LogP contribution in [-0.2, 0) is 30.4 Å². The summed E-state index contributed by atoms with van der Waals surface area (Å²) in [6.07, 6.45) is 0.0698. The molecule has 0 aliphatic carbocycles. The zero-order valence-corrected chi connectivity index (χ0v) is 21.3. The summed E-state index contributed by atoms with van der Waals surface area (Å²) >= 11 is 0. The summed E-state index contributed by atoms with van der Waals surface area (Å²) in [7, 11) is 2.03. The van der Waals surface area contributed by atoms with Gasteiger partial charge in [0, 0.05) is 37.2 Å². The van der Waals surface area contributed by atoms with Gasteiger partial charge in [-0.25, -0.2) is 0 Å². The average molecular weight is 497 g/mol. The molecule has 2 N–H and O–H groups in total.